The summed E-state index contributed by atoms with van der Waals surface area (Å²) in [6.45, 7) is 7.71. The lowest BCUT2D eigenvalue weighted by Crippen LogP contribution is -2.29. The van der Waals surface area contributed by atoms with Crippen LogP contribution in [0.25, 0.3) is 0 Å². The van der Waals surface area contributed by atoms with Crippen LogP contribution in [0, 0.1) is 5.41 Å². The lowest BCUT2D eigenvalue weighted by molar-refractivity contribution is 0.0184. The van der Waals surface area contributed by atoms with Gasteiger partial charge >= 0.3 is 0 Å². The third-order valence-corrected chi connectivity index (χ3v) is 1.32. The van der Waals surface area contributed by atoms with Gasteiger partial charge < -0.3 is 10.1 Å². The van der Waals surface area contributed by atoms with E-state index in [-0.39, 0.29) is 5.41 Å². The summed E-state index contributed by atoms with van der Waals surface area (Å²) in [4.78, 5) is 0. The first kappa shape index (κ1) is 12.8. The fraction of sp³-hybridized carbons (Fsp3) is 1.00. The standard InChI is InChI=1S/C9H19F2NO/c1-9(2,3)7-12-4-5-13-6-8(10)11/h8,12H,4-7H2,1-3H3. The van der Waals surface area contributed by atoms with E-state index < -0.39 is 13.0 Å². The molecule has 0 saturated heterocycles. The quantitative estimate of drug-likeness (QED) is 0.654. The molecule has 0 bridgehead atoms. The molecule has 0 aromatic rings. The van der Waals surface area contributed by atoms with E-state index in [2.05, 4.69) is 26.1 Å². The van der Waals surface area contributed by atoms with Gasteiger partial charge in [0.05, 0.1) is 6.61 Å². The Kier molecular flexibility index (Phi) is 6.16. The van der Waals surface area contributed by atoms with Gasteiger partial charge in [-0.05, 0) is 5.41 Å². The maximum absolute atomic E-state index is 11.6. The third kappa shape index (κ3) is 11.8. The van der Waals surface area contributed by atoms with E-state index in [1.807, 2.05) is 0 Å². The molecule has 0 aromatic heterocycles. The van der Waals surface area contributed by atoms with Crippen molar-refractivity contribution in [2.75, 3.05) is 26.3 Å². The van der Waals surface area contributed by atoms with Crippen molar-refractivity contribution in [1.82, 2.24) is 5.32 Å². The number of alkyl halides is 2. The van der Waals surface area contributed by atoms with Crippen molar-refractivity contribution in [1.29, 1.82) is 0 Å². The minimum Gasteiger partial charge on any atom is -0.374 e. The van der Waals surface area contributed by atoms with Crippen LogP contribution >= 0.6 is 0 Å². The summed E-state index contributed by atoms with van der Waals surface area (Å²) >= 11 is 0. The summed E-state index contributed by atoms with van der Waals surface area (Å²) in [7, 11) is 0. The van der Waals surface area contributed by atoms with Crippen LogP contribution in [0.15, 0.2) is 0 Å². The molecule has 0 aliphatic heterocycles. The minimum atomic E-state index is -2.36. The van der Waals surface area contributed by atoms with Gasteiger partial charge in [-0.2, -0.15) is 0 Å². The fourth-order valence-electron chi connectivity index (χ4n) is 0.780. The Bertz CT molecular complexity index is 123. The SMILES string of the molecule is CC(C)(C)CNCCOCC(F)F. The number of rotatable bonds is 6. The van der Waals surface area contributed by atoms with Gasteiger partial charge in [0, 0.05) is 13.1 Å². The van der Waals surface area contributed by atoms with E-state index in [4.69, 9.17) is 4.74 Å². The largest absolute Gasteiger partial charge is 0.374 e. The van der Waals surface area contributed by atoms with Crippen molar-refractivity contribution in [2.45, 2.75) is 27.2 Å². The van der Waals surface area contributed by atoms with Gasteiger partial charge in [0.15, 0.2) is 0 Å². The molecule has 0 saturated carbocycles. The molecule has 0 heterocycles. The molecule has 80 valence electrons. The summed E-state index contributed by atoms with van der Waals surface area (Å²) < 4.78 is 27.9. The van der Waals surface area contributed by atoms with E-state index in [1.54, 1.807) is 0 Å². The first-order valence-corrected chi connectivity index (χ1v) is 4.48. The zero-order chi connectivity index (χ0) is 10.3. The highest BCUT2D eigenvalue weighted by molar-refractivity contribution is 4.64. The molecule has 0 aromatic carbocycles. The second kappa shape index (κ2) is 6.27. The molecule has 1 N–H and O–H groups in total. The molecule has 0 fully saturated rings. The first-order chi connectivity index (χ1) is 5.92. The van der Waals surface area contributed by atoms with Gasteiger partial charge in [0.2, 0.25) is 0 Å². The molecule has 0 radical (unpaired) electrons. The Morgan fingerprint density at radius 3 is 2.38 bits per heavy atom. The number of nitrogens with one attached hydrogen (secondary N) is 1. The Morgan fingerprint density at radius 2 is 1.92 bits per heavy atom. The number of hydrogen-bond acceptors (Lipinski definition) is 2. The van der Waals surface area contributed by atoms with Crippen LogP contribution in [0.5, 0.6) is 0 Å². The normalized spacial score (nSPS) is 12.5. The van der Waals surface area contributed by atoms with Gasteiger partial charge in [-0.3, -0.25) is 0 Å². The summed E-state index contributed by atoms with van der Waals surface area (Å²) in [6.07, 6.45) is -2.36. The van der Waals surface area contributed by atoms with Gasteiger partial charge in [0.1, 0.15) is 6.61 Å². The molecule has 0 rings (SSSR count). The summed E-state index contributed by atoms with van der Waals surface area (Å²) in [5.74, 6) is 0. The Balaban J connectivity index is 3.09. The molecule has 0 unspecified atom stereocenters. The van der Waals surface area contributed by atoms with Crippen molar-refractivity contribution in [3.8, 4) is 0 Å². The molecular weight excluding hydrogens is 176 g/mol. The highest BCUT2D eigenvalue weighted by Gasteiger charge is 2.08. The van der Waals surface area contributed by atoms with Gasteiger partial charge in [-0.15, -0.1) is 0 Å². The highest BCUT2D eigenvalue weighted by atomic mass is 19.3. The van der Waals surface area contributed by atoms with Crippen LogP contribution in [-0.2, 0) is 4.74 Å². The van der Waals surface area contributed by atoms with E-state index in [0.29, 0.717) is 13.2 Å². The average Bonchev–Trinajstić information content (AvgIpc) is 1.93. The van der Waals surface area contributed by atoms with Crippen LogP contribution in [0.1, 0.15) is 20.8 Å². The topological polar surface area (TPSA) is 21.3 Å². The van der Waals surface area contributed by atoms with E-state index in [1.165, 1.54) is 0 Å². The van der Waals surface area contributed by atoms with E-state index >= 15 is 0 Å². The second-order valence-electron chi connectivity index (χ2n) is 4.20. The van der Waals surface area contributed by atoms with Crippen molar-refractivity contribution in [3.05, 3.63) is 0 Å². The summed E-state index contributed by atoms with van der Waals surface area (Å²) in [6, 6.07) is 0. The van der Waals surface area contributed by atoms with Crippen molar-refractivity contribution in [2.24, 2.45) is 5.41 Å². The first-order valence-electron chi connectivity index (χ1n) is 4.48. The van der Waals surface area contributed by atoms with Gasteiger partial charge in [-0.25, -0.2) is 8.78 Å². The maximum Gasteiger partial charge on any atom is 0.261 e. The molecule has 0 spiro atoms. The van der Waals surface area contributed by atoms with Gasteiger partial charge in [0.25, 0.3) is 6.43 Å². The fourth-order valence-corrected chi connectivity index (χ4v) is 0.780. The van der Waals surface area contributed by atoms with E-state index in [9.17, 15) is 8.78 Å². The number of halogens is 2. The minimum absolute atomic E-state index is 0.225. The molecule has 2 nitrogen and oxygen atoms in total. The zero-order valence-electron chi connectivity index (χ0n) is 8.57. The Morgan fingerprint density at radius 1 is 1.31 bits per heavy atom. The van der Waals surface area contributed by atoms with Crippen LogP contribution in [0.4, 0.5) is 8.78 Å². The summed E-state index contributed by atoms with van der Waals surface area (Å²) in [5, 5.41) is 3.13. The molecule has 0 amide bonds. The van der Waals surface area contributed by atoms with Crippen LogP contribution in [-0.4, -0.2) is 32.7 Å². The van der Waals surface area contributed by atoms with Crippen molar-refractivity contribution < 1.29 is 13.5 Å². The maximum atomic E-state index is 11.6. The molecule has 4 heteroatoms. The highest BCUT2D eigenvalue weighted by Crippen LogP contribution is 2.09. The van der Waals surface area contributed by atoms with Crippen LogP contribution < -0.4 is 5.32 Å². The van der Waals surface area contributed by atoms with Gasteiger partial charge in [-0.1, -0.05) is 20.8 Å². The molecule has 0 atom stereocenters. The number of ether oxygens (including phenoxy) is 1. The second-order valence-corrected chi connectivity index (χ2v) is 4.20. The lowest BCUT2D eigenvalue weighted by Gasteiger charge is -2.18. The lowest BCUT2D eigenvalue weighted by atomic mass is 9.97. The van der Waals surface area contributed by atoms with Crippen LogP contribution in [0.2, 0.25) is 0 Å². The molecular formula is C9H19F2NO. The zero-order valence-corrected chi connectivity index (χ0v) is 8.57. The molecule has 13 heavy (non-hydrogen) atoms. The van der Waals surface area contributed by atoms with Crippen molar-refractivity contribution >= 4 is 0 Å². The monoisotopic (exact) mass is 195 g/mol. The van der Waals surface area contributed by atoms with E-state index in [0.717, 1.165) is 6.54 Å². The third-order valence-electron chi connectivity index (χ3n) is 1.32. The smallest absolute Gasteiger partial charge is 0.261 e. The Hall–Kier alpha value is -0.220. The summed E-state index contributed by atoms with van der Waals surface area (Å²) in [5.41, 5.74) is 0.225. The average molecular weight is 195 g/mol. The van der Waals surface area contributed by atoms with Crippen LogP contribution in [0.3, 0.4) is 0 Å². The predicted octanol–water partition coefficient (Wildman–Crippen LogP) is 1.90. The Labute approximate surface area is 78.7 Å². The number of hydrogen-bond donors (Lipinski definition) is 1. The molecule has 0 aliphatic rings. The molecule has 0 aliphatic carbocycles. The predicted molar refractivity (Wildman–Crippen MR) is 49.1 cm³/mol. The van der Waals surface area contributed by atoms with Crippen molar-refractivity contribution in [3.63, 3.8) is 0 Å².